The second kappa shape index (κ2) is 31.0. The highest BCUT2D eigenvalue weighted by Gasteiger charge is 2.54. The third-order valence-corrected chi connectivity index (χ3v) is 23.0. The van der Waals surface area contributed by atoms with E-state index < -0.39 is 63.6 Å². The van der Waals surface area contributed by atoms with Crippen LogP contribution in [-0.2, 0) is 33.4 Å². The number of methoxy groups -OCH3 is 2. The van der Waals surface area contributed by atoms with Gasteiger partial charge in [0.15, 0.2) is 23.0 Å². The standard InChI is InChI=1S/C79H95N7O14Si2/c1-14-79-43-55(53-28-30-56(31-29-53)81-72(87)51(5)80-73(88)71(49(2)3)82-78(93)100-46-63-59-22-17-15-20-57(59)58-21-16-18-23-60(58)63)45-86(79)75(90)62-40-68(95-7)70(42-65(62)85(77(79)92)48-97-35-37-102(11,12)13)99-33-19-32-98-69-41-64-61(39-67(69)94-6)74(89)83-44-54(52-26-24-50(4)25-27-52)38-66(83)76(91)84(64)47-96-34-36-101(8,9)10/h15-18,20-31,39-42,44-45,49,51,63,66,71H,14,19,32-38,43,46-48H2,1-13H3,(H,80,88)(H,81,87)(H,82,93)/t51-,66-,71-,79-/m0/s1. The van der Waals surface area contributed by atoms with Crippen LogP contribution >= 0.6 is 0 Å². The number of aryl methyl sites for hydroxylation is 1. The first-order chi connectivity index (χ1) is 48.7. The van der Waals surface area contributed by atoms with E-state index >= 15 is 9.59 Å². The summed E-state index contributed by atoms with van der Waals surface area (Å²) >= 11 is 0. The maximum Gasteiger partial charge on any atom is 0.407 e. The van der Waals surface area contributed by atoms with E-state index in [9.17, 15) is 24.0 Å². The lowest BCUT2D eigenvalue weighted by Crippen LogP contribution is -2.56. The molecule has 4 aliphatic heterocycles. The van der Waals surface area contributed by atoms with Crippen LogP contribution in [0.4, 0.5) is 21.9 Å². The Balaban J connectivity index is 0.758. The minimum Gasteiger partial charge on any atom is -0.493 e. The van der Waals surface area contributed by atoms with Crippen LogP contribution in [0.3, 0.4) is 0 Å². The van der Waals surface area contributed by atoms with Crippen molar-refractivity contribution in [2.75, 3.05) is 75.8 Å². The molecule has 0 saturated heterocycles. The molecule has 6 aromatic rings. The fraction of sp³-hybridized carbons (Fsp3) is 0.405. The predicted octanol–water partition coefficient (Wildman–Crippen LogP) is 13.5. The van der Waals surface area contributed by atoms with Gasteiger partial charge in [-0.3, -0.25) is 43.5 Å². The van der Waals surface area contributed by atoms with Crippen LogP contribution in [0.1, 0.15) is 108 Å². The average molecular weight is 1420 g/mol. The van der Waals surface area contributed by atoms with Crippen molar-refractivity contribution in [3.8, 4) is 34.1 Å². The van der Waals surface area contributed by atoms with Gasteiger partial charge in [0.1, 0.15) is 43.7 Å². The highest BCUT2D eigenvalue weighted by Crippen LogP contribution is 2.49. The van der Waals surface area contributed by atoms with Gasteiger partial charge in [0.05, 0.1) is 49.9 Å². The number of ether oxygens (including phenoxy) is 7. The maximum absolute atomic E-state index is 15.6. The third kappa shape index (κ3) is 15.9. The summed E-state index contributed by atoms with van der Waals surface area (Å²) in [5, 5.41) is 8.36. The third-order valence-electron chi connectivity index (χ3n) is 19.6. The number of carbonyl (C=O) groups is 7. The summed E-state index contributed by atoms with van der Waals surface area (Å²) in [7, 11) is -0.0678. The molecule has 7 amide bonds. The molecule has 0 fully saturated rings. The van der Waals surface area contributed by atoms with E-state index in [1.807, 2.05) is 86.6 Å². The van der Waals surface area contributed by atoms with Crippen LogP contribution < -0.4 is 44.7 Å². The number of rotatable bonds is 29. The molecule has 4 heterocycles. The Morgan fingerprint density at radius 3 is 1.71 bits per heavy atom. The molecule has 5 aliphatic rings. The molecule has 11 rings (SSSR count). The van der Waals surface area contributed by atoms with Gasteiger partial charge in [-0.1, -0.05) is 151 Å². The van der Waals surface area contributed by atoms with E-state index in [-0.39, 0.29) is 98.3 Å². The number of alkyl carbamates (subject to hydrolysis) is 1. The fourth-order valence-electron chi connectivity index (χ4n) is 13.6. The Bertz CT molecular complexity index is 4200. The summed E-state index contributed by atoms with van der Waals surface area (Å²) in [6, 6.07) is 36.7. The molecule has 21 nitrogen and oxygen atoms in total. The van der Waals surface area contributed by atoms with Crippen molar-refractivity contribution < 1.29 is 66.7 Å². The van der Waals surface area contributed by atoms with Crippen molar-refractivity contribution in [2.24, 2.45) is 5.92 Å². The molecule has 4 atom stereocenters. The first-order valence-electron chi connectivity index (χ1n) is 35.2. The molecular formula is C79H95N7O14Si2. The second-order valence-corrected chi connectivity index (χ2v) is 40.9. The monoisotopic (exact) mass is 1420 g/mol. The summed E-state index contributed by atoms with van der Waals surface area (Å²) < 4.78 is 43.0. The van der Waals surface area contributed by atoms with Crippen LogP contribution in [-0.4, -0.2) is 152 Å². The van der Waals surface area contributed by atoms with Gasteiger partial charge in [0.25, 0.3) is 23.6 Å². The van der Waals surface area contributed by atoms with Gasteiger partial charge in [-0.25, -0.2) is 4.79 Å². The zero-order valence-corrected chi connectivity index (χ0v) is 62.8. The van der Waals surface area contributed by atoms with Crippen molar-refractivity contribution in [1.82, 2.24) is 20.4 Å². The predicted molar refractivity (Wildman–Crippen MR) is 400 cm³/mol. The van der Waals surface area contributed by atoms with Gasteiger partial charge in [-0.05, 0) is 107 Å². The molecule has 0 bridgehead atoms. The van der Waals surface area contributed by atoms with Gasteiger partial charge in [-0.2, -0.15) is 0 Å². The number of anilines is 3. The van der Waals surface area contributed by atoms with Crippen LogP contribution in [0.2, 0.25) is 51.4 Å². The van der Waals surface area contributed by atoms with Crippen molar-refractivity contribution in [1.29, 1.82) is 0 Å². The lowest BCUT2D eigenvalue weighted by atomic mass is 9.87. The molecule has 3 N–H and O–H groups in total. The van der Waals surface area contributed by atoms with Gasteiger partial charge in [0, 0.05) is 84.8 Å². The molecule has 23 heteroatoms. The normalized spacial score (nSPS) is 17.6. The largest absolute Gasteiger partial charge is 0.493 e. The highest BCUT2D eigenvalue weighted by molar-refractivity contribution is 6.76. The van der Waals surface area contributed by atoms with Crippen molar-refractivity contribution >= 4 is 85.9 Å². The van der Waals surface area contributed by atoms with E-state index in [4.69, 9.17) is 33.2 Å². The Labute approximate surface area is 599 Å². The number of amides is 7. The van der Waals surface area contributed by atoms with Crippen LogP contribution in [0.15, 0.2) is 134 Å². The van der Waals surface area contributed by atoms with Crippen molar-refractivity contribution in [2.45, 2.75) is 141 Å². The van der Waals surface area contributed by atoms with E-state index in [1.54, 1.807) is 74.5 Å². The minimum absolute atomic E-state index is 0.0625. The maximum atomic E-state index is 15.6. The van der Waals surface area contributed by atoms with E-state index in [0.29, 0.717) is 60.2 Å². The lowest BCUT2D eigenvalue weighted by molar-refractivity contribution is -0.128. The molecule has 0 spiro atoms. The number of carbonyl (C=O) groups excluding carboxylic acids is 7. The van der Waals surface area contributed by atoms with Gasteiger partial charge in [-0.15, -0.1) is 0 Å². The Morgan fingerprint density at radius 1 is 0.608 bits per heavy atom. The molecule has 0 unspecified atom stereocenters. The Hall–Kier alpha value is -9.56. The minimum atomic E-state index is -1.57. The first-order valence-corrected chi connectivity index (χ1v) is 42.6. The second-order valence-electron chi connectivity index (χ2n) is 29.6. The number of fused-ring (bicyclic) bond motifs is 7. The molecule has 1 aliphatic carbocycles. The molecule has 102 heavy (non-hydrogen) atoms. The topological polar surface area (TPSA) is 233 Å². The summed E-state index contributed by atoms with van der Waals surface area (Å²) in [6.45, 7) is 23.5. The zero-order chi connectivity index (χ0) is 72.9. The number of nitrogens with one attached hydrogen (secondary N) is 3. The molecule has 538 valence electrons. The highest BCUT2D eigenvalue weighted by atomic mass is 28.3. The summed E-state index contributed by atoms with van der Waals surface area (Å²) in [5.74, 6) is -1.78. The molecule has 0 radical (unpaired) electrons. The molecule has 0 saturated carbocycles. The lowest BCUT2D eigenvalue weighted by Gasteiger charge is -2.36. The van der Waals surface area contributed by atoms with Crippen LogP contribution in [0.25, 0.3) is 22.3 Å². The quantitative estimate of drug-likeness (QED) is 0.0293. The first kappa shape index (κ1) is 73.7. The van der Waals surface area contributed by atoms with E-state index in [2.05, 4.69) is 67.4 Å². The summed E-state index contributed by atoms with van der Waals surface area (Å²) in [5.41, 5.74) is 8.89. The Morgan fingerprint density at radius 2 is 1.15 bits per heavy atom. The fourth-order valence-corrected chi connectivity index (χ4v) is 15.1. The van der Waals surface area contributed by atoms with Crippen molar-refractivity contribution in [3.63, 3.8) is 0 Å². The summed E-state index contributed by atoms with van der Waals surface area (Å²) in [4.78, 5) is 107. The number of nitrogens with zero attached hydrogens (tertiary/aromatic N) is 4. The van der Waals surface area contributed by atoms with Gasteiger partial charge < -0.3 is 54.0 Å². The smallest absolute Gasteiger partial charge is 0.407 e. The number of hydrogen-bond acceptors (Lipinski definition) is 14. The number of hydrogen-bond donors (Lipinski definition) is 3. The van der Waals surface area contributed by atoms with Crippen LogP contribution in [0.5, 0.6) is 23.0 Å². The van der Waals surface area contributed by atoms with E-state index in [1.165, 1.54) is 28.9 Å². The Kier molecular flexibility index (Phi) is 22.4. The molecule has 6 aromatic carbocycles. The van der Waals surface area contributed by atoms with E-state index in [0.717, 1.165) is 56.6 Å². The average Bonchev–Trinajstić information content (AvgIpc) is 1.58. The number of benzene rings is 6. The summed E-state index contributed by atoms with van der Waals surface area (Å²) in [6.07, 6.45) is 3.86. The zero-order valence-electron chi connectivity index (χ0n) is 60.8. The van der Waals surface area contributed by atoms with Gasteiger partial charge >= 0.3 is 6.09 Å². The SMILES string of the molecule is CC[C@@]12CC(c3ccc(NC(=O)[C@H](C)NC(=O)[C@@H](NC(=O)OCC4c5ccccc5-c5ccccc54)C(C)C)cc3)=CN1C(=O)c1cc(OC)c(OCCCOc3cc4c(cc3OC)C(=O)N3C=C(c5ccc(C)cc5)C[C@H]3C(=O)N4COCC[Si](C)(C)C)cc1N(COCC[Si](C)(C)C)C2=O. The van der Waals surface area contributed by atoms with Gasteiger partial charge in [0.2, 0.25) is 11.8 Å². The van der Waals surface area contributed by atoms with Crippen molar-refractivity contribution in [3.05, 3.63) is 173 Å². The molecule has 0 aromatic heterocycles. The van der Waals surface area contributed by atoms with Crippen LogP contribution in [0, 0.1) is 12.8 Å². The molecular weight excluding hydrogens is 1330 g/mol.